The molecule has 2 aromatic rings. The van der Waals surface area contributed by atoms with Crippen LogP contribution in [0.3, 0.4) is 0 Å². The predicted molar refractivity (Wildman–Crippen MR) is 113 cm³/mol. The summed E-state index contributed by atoms with van der Waals surface area (Å²) in [5, 5.41) is 3.30. The van der Waals surface area contributed by atoms with Crippen molar-refractivity contribution < 1.29 is 14.3 Å². The molecule has 27 heavy (non-hydrogen) atoms. The molecular weight excluding hydrogens is 428 g/mol. The third-order valence-electron chi connectivity index (χ3n) is 3.95. The number of nitrogens with zero attached hydrogens (tertiary/aromatic N) is 1. The van der Waals surface area contributed by atoms with Gasteiger partial charge >= 0.3 is 0 Å². The van der Waals surface area contributed by atoms with E-state index >= 15 is 0 Å². The summed E-state index contributed by atoms with van der Waals surface area (Å²) in [7, 11) is 1.64. The van der Waals surface area contributed by atoms with Crippen LogP contribution in [0.15, 0.2) is 52.6 Å². The average Bonchev–Trinajstić information content (AvgIpc) is 2.89. The van der Waals surface area contributed by atoms with Gasteiger partial charge in [0.15, 0.2) is 16.6 Å². The number of hydrogen-bond donors (Lipinski definition) is 1. The fraction of sp³-hybridized carbons (Fsp3) is 0.200. The van der Waals surface area contributed by atoms with E-state index in [1.165, 1.54) is 4.90 Å². The van der Waals surface area contributed by atoms with Gasteiger partial charge in [-0.25, -0.2) is 0 Å². The maximum absolute atomic E-state index is 12.2. The third kappa shape index (κ3) is 4.48. The van der Waals surface area contributed by atoms with E-state index in [1.807, 2.05) is 49.4 Å². The third-order valence-corrected chi connectivity index (χ3v) is 4.91. The van der Waals surface area contributed by atoms with Crippen molar-refractivity contribution in [1.29, 1.82) is 0 Å². The summed E-state index contributed by atoms with van der Waals surface area (Å²) in [5.74, 6) is 1.07. The summed E-state index contributed by atoms with van der Waals surface area (Å²) in [6.07, 6.45) is 1.74. The number of hydrogen-bond acceptors (Lipinski definition) is 4. The highest BCUT2D eigenvalue weighted by Gasteiger charge is 2.27. The predicted octanol–water partition coefficient (Wildman–Crippen LogP) is 4.11. The molecule has 5 nitrogen and oxygen atoms in total. The SMILES string of the molecule is CCOc1cc(C=C2NC(=S)N(C)C2=O)cc(Br)c1OCc1ccccc1. The zero-order valence-electron chi connectivity index (χ0n) is 15.0. The topological polar surface area (TPSA) is 50.8 Å². The molecule has 1 N–H and O–H groups in total. The number of carbonyl (C=O) groups is 1. The van der Waals surface area contributed by atoms with Crippen LogP contribution in [0.5, 0.6) is 11.5 Å². The molecule has 2 aromatic carbocycles. The molecule has 0 aliphatic carbocycles. The fourth-order valence-corrected chi connectivity index (χ4v) is 3.36. The zero-order chi connectivity index (χ0) is 19.4. The summed E-state index contributed by atoms with van der Waals surface area (Å²) < 4.78 is 12.5. The molecule has 1 aliphatic heterocycles. The highest BCUT2D eigenvalue weighted by atomic mass is 79.9. The molecule has 0 spiro atoms. The van der Waals surface area contributed by atoms with E-state index in [4.69, 9.17) is 21.7 Å². The van der Waals surface area contributed by atoms with E-state index in [1.54, 1.807) is 13.1 Å². The van der Waals surface area contributed by atoms with Gasteiger partial charge in [0.2, 0.25) is 0 Å². The van der Waals surface area contributed by atoms with Crippen LogP contribution in [0.4, 0.5) is 0 Å². The average molecular weight is 447 g/mol. The molecular formula is C20H19BrN2O3S. The summed E-state index contributed by atoms with van der Waals surface area (Å²) in [6, 6.07) is 13.6. The van der Waals surface area contributed by atoms with Crippen LogP contribution >= 0.6 is 28.1 Å². The normalized spacial score (nSPS) is 15.2. The molecule has 3 rings (SSSR count). The second kappa shape index (κ2) is 8.54. The molecule has 0 aromatic heterocycles. The van der Waals surface area contributed by atoms with Gasteiger partial charge in [0.05, 0.1) is 11.1 Å². The molecule has 1 saturated heterocycles. The monoisotopic (exact) mass is 446 g/mol. The molecule has 1 aliphatic rings. The van der Waals surface area contributed by atoms with Crippen LogP contribution in [0, 0.1) is 0 Å². The van der Waals surface area contributed by atoms with Crippen LogP contribution in [0.1, 0.15) is 18.1 Å². The Morgan fingerprint density at radius 1 is 1.22 bits per heavy atom. The number of rotatable bonds is 6. The molecule has 0 unspecified atom stereocenters. The lowest BCUT2D eigenvalue weighted by molar-refractivity contribution is -0.121. The molecule has 7 heteroatoms. The highest BCUT2D eigenvalue weighted by molar-refractivity contribution is 9.10. The van der Waals surface area contributed by atoms with E-state index < -0.39 is 0 Å². The first-order valence-electron chi connectivity index (χ1n) is 8.43. The van der Waals surface area contributed by atoms with Crippen molar-refractivity contribution in [1.82, 2.24) is 10.2 Å². The minimum Gasteiger partial charge on any atom is -0.490 e. The Hall–Kier alpha value is -2.38. The molecule has 140 valence electrons. The van der Waals surface area contributed by atoms with Gasteiger partial charge in [0.1, 0.15) is 12.3 Å². The Balaban J connectivity index is 1.88. The first-order valence-corrected chi connectivity index (χ1v) is 9.63. The number of likely N-dealkylation sites (N-methyl/N-ethyl adjacent to an activating group) is 1. The molecule has 0 radical (unpaired) electrons. The summed E-state index contributed by atoms with van der Waals surface area (Å²) in [6.45, 7) is 2.84. The molecule has 0 saturated carbocycles. The number of thiocarbonyl (C=S) groups is 1. The first kappa shape index (κ1) is 19.4. The van der Waals surface area contributed by atoms with Crippen LogP contribution in [0.2, 0.25) is 0 Å². The first-order chi connectivity index (χ1) is 13.0. The van der Waals surface area contributed by atoms with Crippen LogP contribution in [0.25, 0.3) is 6.08 Å². The lowest BCUT2D eigenvalue weighted by Gasteiger charge is -2.15. The Kier molecular flexibility index (Phi) is 6.13. The molecule has 1 fully saturated rings. The Bertz CT molecular complexity index is 900. The number of benzene rings is 2. The van der Waals surface area contributed by atoms with E-state index in [0.717, 1.165) is 15.6 Å². The number of carbonyl (C=O) groups excluding carboxylic acids is 1. The van der Waals surface area contributed by atoms with Crippen molar-refractivity contribution >= 4 is 45.2 Å². The van der Waals surface area contributed by atoms with E-state index in [2.05, 4.69) is 21.2 Å². The molecule has 1 heterocycles. The summed E-state index contributed by atoms with van der Waals surface area (Å²) >= 11 is 8.66. The van der Waals surface area contributed by atoms with Gasteiger partial charge < -0.3 is 14.8 Å². The fourth-order valence-electron chi connectivity index (χ4n) is 2.59. The Labute approximate surface area is 172 Å². The molecule has 0 atom stereocenters. The lowest BCUT2D eigenvalue weighted by atomic mass is 10.1. The van der Waals surface area contributed by atoms with Crippen molar-refractivity contribution in [3.05, 3.63) is 63.8 Å². The van der Waals surface area contributed by atoms with E-state index in [-0.39, 0.29) is 5.91 Å². The van der Waals surface area contributed by atoms with Crippen molar-refractivity contribution in [2.75, 3.05) is 13.7 Å². The smallest absolute Gasteiger partial charge is 0.276 e. The van der Waals surface area contributed by atoms with Gasteiger partial charge in [0, 0.05) is 7.05 Å². The van der Waals surface area contributed by atoms with Crippen molar-refractivity contribution in [2.45, 2.75) is 13.5 Å². The minimum absolute atomic E-state index is 0.168. The zero-order valence-corrected chi connectivity index (χ0v) is 17.4. The standard InChI is InChI=1S/C20H19BrN2O3S/c1-3-25-17-11-14(10-16-19(24)23(2)20(27)22-16)9-15(21)18(17)26-12-13-7-5-4-6-8-13/h4-11H,3,12H2,1-2H3,(H,22,27). The van der Waals surface area contributed by atoms with Gasteiger partial charge in [-0.2, -0.15) is 0 Å². The lowest BCUT2D eigenvalue weighted by Crippen LogP contribution is -2.25. The van der Waals surface area contributed by atoms with Crippen molar-refractivity contribution in [2.24, 2.45) is 0 Å². The summed E-state index contributed by atoms with van der Waals surface area (Å²) in [5.41, 5.74) is 2.29. The van der Waals surface area contributed by atoms with Gasteiger partial charge in [-0.05, 0) is 64.4 Å². The second-order valence-electron chi connectivity index (χ2n) is 5.89. The van der Waals surface area contributed by atoms with Crippen molar-refractivity contribution in [3.8, 4) is 11.5 Å². The van der Waals surface area contributed by atoms with Gasteiger partial charge in [0.25, 0.3) is 5.91 Å². The number of amides is 1. The Morgan fingerprint density at radius 3 is 2.59 bits per heavy atom. The van der Waals surface area contributed by atoms with Gasteiger partial charge in [-0.1, -0.05) is 30.3 Å². The van der Waals surface area contributed by atoms with Crippen LogP contribution < -0.4 is 14.8 Å². The highest BCUT2D eigenvalue weighted by Crippen LogP contribution is 2.38. The van der Waals surface area contributed by atoms with Crippen molar-refractivity contribution in [3.63, 3.8) is 0 Å². The van der Waals surface area contributed by atoms with Crippen LogP contribution in [-0.4, -0.2) is 29.6 Å². The van der Waals surface area contributed by atoms with E-state index in [0.29, 0.717) is 35.5 Å². The van der Waals surface area contributed by atoms with Gasteiger partial charge in [-0.3, -0.25) is 9.69 Å². The van der Waals surface area contributed by atoms with E-state index in [9.17, 15) is 4.79 Å². The largest absolute Gasteiger partial charge is 0.490 e. The maximum atomic E-state index is 12.2. The quantitative estimate of drug-likeness (QED) is 0.534. The summed E-state index contributed by atoms with van der Waals surface area (Å²) in [4.78, 5) is 13.6. The maximum Gasteiger partial charge on any atom is 0.276 e. The van der Waals surface area contributed by atoms with Crippen LogP contribution in [-0.2, 0) is 11.4 Å². The molecule has 0 bridgehead atoms. The Morgan fingerprint density at radius 2 is 1.96 bits per heavy atom. The molecule has 1 amide bonds. The number of nitrogens with one attached hydrogen (secondary N) is 1. The second-order valence-corrected chi connectivity index (χ2v) is 7.13. The number of ether oxygens (including phenoxy) is 2. The number of halogens is 1. The minimum atomic E-state index is -0.168. The van der Waals surface area contributed by atoms with Gasteiger partial charge in [-0.15, -0.1) is 0 Å².